The molecular weight excluding hydrogens is 276 g/mol. The number of carbonyl (C=O) groups excluding carboxylic acids is 1. The van der Waals surface area contributed by atoms with E-state index in [4.69, 9.17) is 0 Å². The summed E-state index contributed by atoms with van der Waals surface area (Å²) in [7, 11) is 0. The van der Waals surface area contributed by atoms with E-state index in [9.17, 15) is 4.79 Å². The molecule has 2 aromatic rings. The molecule has 22 heavy (non-hydrogen) atoms. The van der Waals surface area contributed by atoms with Gasteiger partial charge in [-0.3, -0.25) is 4.79 Å². The Bertz CT molecular complexity index is 706. The molecule has 4 rings (SSSR count). The first-order valence-corrected chi connectivity index (χ1v) is 8.07. The van der Waals surface area contributed by atoms with E-state index in [1.165, 1.54) is 24.0 Å². The maximum absolute atomic E-state index is 12.5. The minimum atomic E-state index is 0.0158. The van der Waals surface area contributed by atoms with Gasteiger partial charge in [-0.15, -0.1) is 0 Å². The van der Waals surface area contributed by atoms with Crippen LogP contribution in [-0.4, -0.2) is 20.4 Å². The molecule has 0 saturated heterocycles. The van der Waals surface area contributed by atoms with Gasteiger partial charge in [0.15, 0.2) is 0 Å². The zero-order valence-corrected chi connectivity index (χ0v) is 12.6. The molecule has 1 aliphatic heterocycles. The summed E-state index contributed by atoms with van der Waals surface area (Å²) in [6, 6.07) is 2.06. The van der Waals surface area contributed by atoms with Crippen LogP contribution in [0.15, 0.2) is 24.8 Å². The lowest BCUT2D eigenvalue weighted by atomic mass is 9.93. The van der Waals surface area contributed by atoms with Gasteiger partial charge in [0.25, 0.3) is 0 Å². The largest absolute Gasteiger partial charge is 0.335 e. The molecule has 114 valence electrons. The van der Waals surface area contributed by atoms with Crippen molar-refractivity contribution >= 4 is 11.7 Å². The SMILES string of the molecule is O=C(Nc1cc2c(cn1)CCCC2)C1CCn2cncc2C1. The molecule has 1 aliphatic carbocycles. The van der Waals surface area contributed by atoms with E-state index >= 15 is 0 Å². The van der Waals surface area contributed by atoms with Gasteiger partial charge in [-0.1, -0.05) is 0 Å². The quantitative estimate of drug-likeness (QED) is 0.925. The number of pyridine rings is 1. The Balaban J connectivity index is 1.46. The monoisotopic (exact) mass is 296 g/mol. The number of nitrogens with one attached hydrogen (secondary N) is 1. The van der Waals surface area contributed by atoms with Crippen molar-refractivity contribution in [2.24, 2.45) is 5.92 Å². The number of carbonyl (C=O) groups is 1. The predicted molar refractivity (Wildman–Crippen MR) is 83.5 cm³/mol. The number of imidazole rings is 1. The van der Waals surface area contributed by atoms with Gasteiger partial charge in [0, 0.05) is 37.0 Å². The molecule has 0 aromatic carbocycles. The number of aromatic nitrogens is 3. The Morgan fingerprint density at radius 2 is 2.09 bits per heavy atom. The highest BCUT2D eigenvalue weighted by Crippen LogP contribution is 2.24. The van der Waals surface area contributed by atoms with Crippen LogP contribution in [0.4, 0.5) is 5.82 Å². The Kier molecular flexibility index (Phi) is 3.41. The van der Waals surface area contributed by atoms with Crippen molar-refractivity contribution in [3.05, 3.63) is 41.6 Å². The fraction of sp³-hybridized carbons (Fsp3) is 0.471. The van der Waals surface area contributed by atoms with E-state index in [0.29, 0.717) is 5.82 Å². The normalized spacial score (nSPS) is 20.1. The van der Waals surface area contributed by atoms with Crippen molar-refractivity contribution in [1.29, 1.82) is 0 Å². The number of nitrogens with zero attached hydrogens (tertiary/aromatic N) is 3. The number of anilines is 1. The number of aryl methyl sites for hydroxylation is 3. The summed E-state index contributed by atoms with van der Waals surface area (Å²) in [5, 5.41) is 3.01. The van der Waals surface area contributed by atoms with E-state index in [2.05, 4.69) is 25.9 Å². The standard InChI is InChI=1S/C17H20N4O/c22-17(13-5-6-21-11-18-10-15(21)7-13)20-16-8-12-3-1-2-4-14(12)9-19-16/h8-11,13H,1-7H2,(H,19,20,22). The third kappa shape index (κ3) is 2.51. The van der Waals surface area contributed by atoms with Crippen LogP contribution in [0.1, 0.15) is 36.1 Å². The Hall–Kier alpha value is -2.17. The van der Waals surface area contributed by atoms with Gasteiger partial charge in [0.05, 0.1) is 6.33 Å². The summed E-state index contributed by atoms with van der Waals surface area (Å²) >= 11 is 0. The van der Waals surface area contributed by atoms with Crippen LogP contribution >= 0.6 is 0 Å². The van der Waals surface area contributed by atoms with E-state index in [1.54, 1.807) is 0 Å². The van der Waals surface area contributed by atoms with Crippen molar-refractivity contribution in [2.75, 3.05) is 5.32 Å². The molecule has 5 heteroatoms. The topological polar surface area (TPSA) is 59.8 Å². The fourth-order valence-electron chi connectivity index (χ4n) is 3.50. The lowest BCUT2D eigenvalue weighted by molar-refractivity contribution is -0.120. The molecule has 5 nitrogen and oxygen atoms in total. The van der Waals surface area contributed by atoms with E-state index < -0.39 is 0 Å². The number of fused-ring (bicyclic) bond motifs is 2. The first-order valence-electron chi connectivity index (χ1n) is 8.07. The molecule has 0 fully saturated rings. The van der Waals surface area contributed by atoms with E-state index in [1.807, 2.05) is 18.7 Å². The van der Waals surface area contributed by atoms with Crippen molar-refractivity contribution in [2.45, 2.75) is 45.1 Å². The third-order valence-electron chi connectivity index (χ3n) is 4.82. The van der Waals surface area contributed by atoms with Crippen LogP contribution in [0, 0.1) is 5.92 Å². The van der Waals surface area contributed by atoms with Crippen molar-refractivity contribution in [3.8, 4) is 0 Å². The zero-order chi connectivity index (χ0) is 14.9. The molecule has 0 bridgehead atoms. The molecule has 3 heterocycles. The van der Waals surface area contributed by atoms with Gasteiger partial charge in [-0.25, -0.2) is 9.97 Å². The van der Waals surface area contributed by atoms with Gasteiger partial charge in [0.1, 0.15) is 5.82 Å². The predicted octanol–water partition coefficient (Wildman–Crippen LogP) is 2.36. The van der Waals surface area contributed by atoms with Gasteiger partial charge >= 0.3 is 0 Å². The molecular formula is C17H20N4O. The minimum Gasteiger partial charge on any atom is -0.335 e. The first kappa shape index (κ1) is 13.5. The smallest absolute Gasteiger partial charge is 0.229 e. The Morgan fingerprint density at radius 3 is 3.00 bits per heavy atom. The zero-order valence-electron chi connectivity index (χ0n) is 12.6. The van der Waals surface area contributed by atoms with Crippen LogP contribution in [0.5, 0.6) is 0 Å². The van der Waals surface area contributed by atoms with Crippen molar-refractivity contribution in [1.82, 2.24) is 14.5 Å². The molecule has 0 saturated carbocycles. The third-order valence-corrected chi connectivity index (χ3v) is 4.82. The maximum atomic E-state index is 12.5. The number of amides is 1. The second-order valence-electron chi connectivity index (χ2n) is 6.30. The summed E-state index contributed by atoms with van der Waals surface area (Å²) in [6.45, 7) is 0.866. The van der Waals surface area contributed by atoms with Crippen molar-refractivity contribution in [3.63, 3.8) is 0 Å². The lowest BCUT2D eigenvalue weighted by Gasteiger charge is -2.23. The maximum Gasteiger partial charge on any atom is 0.229 e. The fourth-order valence-corrected chi connectivity index (χ4v) is 3.50. The minimum absolute atomic E-state index is 0.0158. The van der Waals surface area contributed by atoms with Crippen molar-refractivity contribution < 1.29 is 4.79 Å². The molecule has 2 aliphatic rings. The molecule has 1 N–H and O–H groups in total. The van der Waals surface area contributed by atoms with E-state index in [0.717, 1.165) is 37.9 Å². The second-order valence-corrected chi connectivity index (χ2v) is 6.30. The average molecular weight is 296 g/mol. The van der Waals surface area contributed by atoms with Gasteiger partial charge in [0.2, 0.25) is 5.91 Å². The molecule has 1 unspecified atom stereocenters. The van der Waals surface area contributed by atoms with Gasteiger partial charge < -0.3 is 9.88 Å². The van der Waals surface area contributed by atoms with Crippen LogP contribution in [0.3, 0.4) is 0 Å². The summed E-state index contributed by atoms with van der Waals surface area (Å²) in [6.07, 6.45) is 11.9. The molecule has 1 amide bonds. The average Bonchev–Trinajstić information content (AvgIpc) is 3.02. The molecule has 1 atom stereocenters. The highest BCUT2D eigenvalue weighted by atomic mass is 16.1. The lowest BCUT2D eigenvalue weighted by Crippen LogP contribution is -2.30. The highest BCUT2D eigenvalue weighted by Gasteiger charge is 2.25. The molecule has 0 radical (unpaired) electrons. The summed E-state index contributed by atoms with van der Waals surface area (Å²) in [4.78, 5) is 21.0. The Labute approximate surface area is 129 Å². The van der Waals surface area contributed by atoms with Crippen LogP contribution in [0.2, 0.25) is 0 Å². The number of hydrogen-bond donors (Lipinski definition) is 1. The van der Waals surface area contributed by atoms with Gasteiger partial charge in [-0.05, 0) is 49.3 Å². The summed E-state index contributed by atoms with van der Waals surface area (Å²) in [5.41, 5.74) is 3.83. The van der Waals surface area contributed by atoms with Crippen LogP contribution < -0.4 is 5.32 Å². The Morgan fingerprint density at radius 1 is 1.23 bits per heavy atom. The molecule has 0 spiro atoms. The van der Waals surface area contributed by atoms with Crippen LogP contribution in [0.25, 0.3) is 0 Å². The first-order chi connectivity index (χ1) is 10.8. The number of hydrogen-bond acceptors (Lipinski definition) is 3. The highest BCUT2D eigenvalue weighted by molar-refractivity contribution is 5.92. The second kappa shape index (κ2) is 5.55. The molecule has 2 aromatic heterocycles. The summed E-state index contributed by atoms with van der Waals surface area (Å²) < 4.78 is 2.13. The number of rotatable bonds is 2. The summed E-state index contributed by atoms with van der Waals surface area (Å²) in [5.74, 6) is 0.794. The van der Waals surface area contributed by atoms with E-state index in [-0.39, 0.29) is 11.8 Å². The van der Waals surface area contributed by atoms with Crippen LogP contribution in [-0.2, 0) is 30.6 Å². The van der Waals surface area contributed by atoms with Gasteiger partial charge in [-0.2, -0.15) is 0 Å².